The van der Waals surface area contributed by atoms with Crippen LogP contribution in [0.3, 0.4) is 0 Å². The molecule has 1 aromatic carbocycles. The molecule has 0 saturated carbocycles. The third-order valence-electron chi connectivity index (χ3n) is 3.44. The number of hydrogen-bond acceptors (Lipinski definition) is 2. The van der Waals surface area contributed by atoms with Crippen LogP contribution in [0.25, 0.3) is 0 Å². The molecule has 1 unspecified atom stereocenters. The van der Waals surface area contributed by atoms with Crippen LogP contribution in [0.4, 0.5) is 13.2 Å². The van der Waals surface area contributed by atoms with Crippen molar-refractivity contribution in [1.29, 1.82) is 0 Å². The molecule has 2 N–H and O–H groups in total. The molecule has 1 aliphatic rings. The molecule has 1 aromatic rings. The van der Waals surface area contributed by atoms with Gasteiger partial charge in [0.1, 0.15) is 0 Å². The van der Waals surface area contributed by atoms with Crippen LogP contribution in [-0.2, 0) is 4.79 Å². The lowest BCUT2D eigenvalue weighted by atomic mass is 9.94. The number of nitrogens with one attached hydrogen (secondary N) is 2. The Morgan fingerprint density at radius 1 is 1.29 bits per heavy atom. The standard InChI is InChI=1S/C14H17F3N2O.ClH/c15-14(16,17)12(11-4-2-1-3-5-11)6-13(20)19-9-10-7-18-8-10;/h1-5,10,12,18H,6-9H2,(H,19,20);1H. The predicted octanol–water partition coefficient (Wildman–Crippen LogP) is 2.48. The molecule has 2 rings (SSSR count). The minimum atomic E-state index is -4.42. The number of hydrogen-bond donors (Lipinski definition) is 2. The molecule has 1 fully saturated rings. The number of amides is 1. The molecule has 0 bridgehead atoms. The van der Waals surface area contributed by atoms with Gasteiger partial charge in [-0.15, -0.1) is 12.4 Å². The van der Waals surface area contributed by atoms with Crippen molar-refractivity contribution in [3.05, 3.63) is 35.9 Å². The summed E-state index contributed by atoms with van der Waals surface area (Å²) >= 11 is 0. The van der Waals surface area contributed by atoms with Crippen LogP contribution in [0.15, 0.2) is 30.3 Å². The Morgan fingerprint density at radius 2 is 1.90 bits per heavy atom. The maximum atomic E-state index is 13.1. The Bertz CT molecular complexity index is 449. The fourth-order valence-corrected chi connectivity index (χ4v) is 2.12. The second-order valence-electron chi connectivity index (χ2n) is 5.04. The van der Waals surface area contributed by atoms with Gasteiger partial charge < -0.3 is 10.6 Å². The molecular formula is C14H18ClF3N2O. The predicted molar refractivity (Wildman–Crippen MR) is 76.5 cm³/mol. The van der Waals surface area contributed by atoms with E-state index in [-0.39, 0.29) is 18.0 Å². The number of benzene rings is 1. The average Bonchev–Trinajstić information content (AvgIpc) is 2.34. The Morgan fingerprint density at radius 3 is 2.38 bits per heavy atom. The Hall–Kier alpha value is -1.27. The molecule has 0 radical (unpaired) electrons. The van der Waals surface area contributed by atoms with Gasteiger partial charge in [0.2, 0.25) is 5.91 Å². The van der Waals surface area contributed by atoms with E-state index in [2.05, 4.69) is 10.6 Å². The lowest BCUT2D eigenvalue weighted by molar-refractivity contribution is -0.157. The Labute approximate surface area is 127 Å². The summed E-state index contributed by atoms with van der Waals surface area (Å²) in [5, 5.41) is 5.62. The van der Waals surface area contributed by atoms with E-state index in [9.17, 15) is 18.0 Å². The average molecular weight is 323 g/mol. The van der Waals surface area contributed by atoms with Crippen LogP contribution in [0.2, 0.25) is 0 Å². The van der Waals surface area contributed by atoms with Crippen LogP contribution in [0.1, 0.15) is 17.9 Å². The van der Waals surface area contributed by atoms with E-state index in [1.54, 1.807) is 18.2 Å². The van der Waals surface area contributed by atoms with Crippen LogP contribution in [-0.4, -0.2) is 31.7 Å². The molecule has 0 aliphatic carbocycles. The van der Waals surface area contributed by atoms with E-state index in [0.29, 0.717) is 12.5 Å². The van der Waals surface area contributed by atoms with Crippen LogP contribution in [0, 0.1) is 5.92 Å². The summed E-state index contributed by atoms with van der Waals surface area (Å²) in [5.74, 6) is -1.97. The largest absolute Gasteiger partial charge is 0.396 e. The molecule has 21 heavy (non-hydrogen) atoms. The van der Waals surface area contributed by atoms with E-state index in [1.165, 1.54) is 12.1 Å². The molecule has 1 saturated heterocycles. The van der Waals surface area contributed by atoms with Gasteiger partial charge in [0.05, 0.1) is 5.92 Å². The van der Waals surface area contributed by atoms with E-state index in [1.807, 2.05) is 0 Å². The van der Waals surface area contributed by atoms with Crippen molar-refractivity contribution < 1.29 is 18.0 Å². The number of alkyl halides is 3. The fraction of sp³-hybridized carbons (Fsp3) is 0.500. The van der Waals surface area contributed by atoms with Gasteiger partial charge in [-0.3, -0.25) is 4.79 Å². The SMILES string of the molecule is Cl.O=C(CC(c1ccccc1)C(F)(F)F)NCC1CNC1. The first-order valence-electron chi connectivity index (χ1n) is 6.56. The van der Waals surface area contributed by atoms with Crippen molar-refractivity contribution in [2.75, 3.05) is 19.6 Å². The highest BCUT2D eigenvalue weighted by Crippen LogP contribution is 2.37. The highest BCUT2D eigenvalue weighted by Gasteiger charge is 2.41. The summed E-state index contributed by atoms with van der Waals surface area (Å²) in [7, 11) is 0. The van der Waals surface area contributed by atoms with Gasteiger partial charge in [-0.1, -0.05) is 30.3 Å². The zero-order valence-corrected chi connectivity index (χ0v) is 12.1. The monoisotopic (exact) mass is 322 g/mol. The molecular weight excluding hydrogens is 305 g/mol. The lowest BCUT2D eigenvalue weighted by Crippen LogP contribution is -2.48. The molecule has 1 amide bonds. The van der Waals surface area contributed by atoms with Gasteiger partial charge >= 0.3 is 6.18 Å². The van der Waals surface area contributed by atoms with Gasteiger partial charge in [-0.25, -0.2) is 0 Å². The normalized spacial score (nSPS) is 16.5. The van der Waals surface area contributed by atoms with Crippen molar-refractivity contribution in [3.8, 4) is 0 Å². The number of carbonyl (C=O) groups excluding carboxylic acids is 1. The van der Waals surface area contributed by atoms with Crippen molar-refractivity contribution in [1.82, 2.24) is 10.6 Å². The topological polar surface area (TPSA) is 41.1 Å². The second-order valence-corrected chi connectivity index (χ2v) is 5.04. The third-order valence-corrected chi connectivity index (χ3v) is 3.44. The molecule has 118 valence electrons. The van der Waals surface area contributed by atoms with E-state index < -0.39 is 24.4 Å². The first-order chi connectivity index (χ1) is 9.47. The molecule has 0 aromatic heterocycles. The van der Waals surface area contributed by atoms with E-state index in [0.717, 1.165) is 13.1 Å². The minimum Gasteiger partial charge on any atom is -0.356 e. The van der Waals surface area contributed by atoms with Gasteiger partial charge in [0.15, 0.2) is 0 Å². The molecule has 7 heteroatoms. The Kier molecular flexibility index (Phi) is 6.48. The van der Waals surface area contributed by atoms with E-state index >= 15 is 0 Å². The Balaban J connectivity index is 0.00000220. The van der Waals surface area contributed by atoms with Crippen LogP contribution < -0.4 is 10.6 Å². The van der Waals surface area contributed by atoms with Gasteiger partial charge in [0, 0.05) is 32.0 Å². The highest BCUT2D eigenvalue weighted by molar-refractivity contribution is 5.85. The molecule has 1 aliphatic heterocycles. The first-order valence-corrected chi connectivity index (χ1v) is 6.56. The number of rotatable bonds is 5. The van der Waals surface area contributed by atoms with Crippen LogP contribution >= 0.6 is 12.4 Å². The summed E-state index contributed by atoms with van der Waals surface area (Å²) in [5.41, 5.74) is 0.125. The summed E-state index contributed by atoms with van der Waals surface area (Å²) in [6.45, 7) is 2.05. The zero-order chi connectivity index (χ0) is 14.6. The first kappa shape index (κ1) is 17.8. The van der Waals surface area contributed by atoms with Crippen molar-refractivity contribution in [2.45, 2.75) is 18.5 Å². The summed E-state index contributed by atoms with van der Waals surface area (Å²) in [6.07, 6.45) is -4.98. The van der Waals surface area contributed by atoms with Crippen molar-refractivity contribution in [3.63, 3.8) is 0 Å². The summed E-state index contributed by atoms with van der Waals surface area (Å²) in [6, 6.07) is 7.56. The maximum Gasteiger partial charge on any atom is 0.396 e. The van der Waals surface area contributed by atoms with Crippen molar-refractivity contribution in [2.24, 2.45) is 5.92 Å². The zero-order valence-electron chi connectivity index (χ0n) is 11.3. The molecule has 3 nitrogen and oxygen atoms in total. The number of carbonyl (C=O) groups is 1. The summed E-state index contributed by atoms with van der Waals surface area (Å²) in [4.78, 5) is 11.7. The molecule has 1 atom stereocenters. The van der Waals surface area contributed by atoms with Crippen LogP contribution in [0.5, 0.6) is 0 Å². The second kappa shape index (κ2) is 7.66. The molecule has 0 spiro atoms. The molecule has 1 heterocycles. The van der Waals surface area contributed by atoms with Gasteiger partial charge in [-0.2, -0.15) is 13.2 Å². The summed E-state index contributed by atoms with van der Waals surface area (Å²) < 4.78 is 39.2. The number of halogens is 4. The lowest BCUT2D eigenvalue weighted by Gasteiger charge is -2.27. The van der Waals surface area contributed by atoms with Gasteiger partial charge in [0.25, 0.3) is 0 Å². The van der Waals surface area contributed by atoms with E-state index in [4.69, 9.17) is 0 Å². The quantitative estimate of drug-likeness (QED) is 0.874. The van der Waals surface area contributed by atoms with Gasteiger partial charge in [-0.05, 0) is 5.56 Å². The maximum absolute atomic E-state index is 13.1. The highest BCUT2D eigenvalue weighted by atomic mass is 35.5. The van der Waals surface area contributed by atoms with Crippen molar-refractivity contribution >= 4 is 18.3 Å². The fourth-order valence-electron chi connectivity index (χ4n) is 2.12. The third kappa shape index (κ3) is 5.21. The smallest absolute Gasteiger partial charge is 0.356 e. The minimum absolute atomic E-state index is 0.